The molecule has 0 unspecified atom stereocenters. The number of hydrogen-bond donors (Lipinski definition) is 6. The smallest absolute Gasteiger partial charge is 0.322 e. The number of rotatable bonds is 23. The molecule has 0 aromatic heterocycles. The predicted molar refractivity (Wildman–Crippen MR) is 141 cm³/mol. The molecule has 0 saturated heterocycles. The van der Waals surface area contributed by atoms with Gasteiger partial charge < -0.3 is 50.8 Å². The molecule has 0 spiro atoms. The van der Waals surface area contributed by atoms with Gasteiger partial charge in [-0.1, -0.05) is 0 Å². The summed E-state index contributed by atoms with van der Waals surface area (Å²) in [5.41, 5.74) is 5.88. The summed E-state index contributed by atoms with van der Waals surface area (Å²) >= 11 is 1.24. The van der Waals surface area contributed by atoms with Gasteiger partial charge in [0.2, 0.25) is 17.7 Å². The molecule has 0 fully saturated rings. The first-order chi connectivity index (χ1) is 19.0. The number of aliphatic carboxylic acids is 1. The molecule has 3 amide bonds. The highest BCUT2D eigenvalue weighted by molar-refractivity contribution is 7.99. The zero-order chi connectivity index (χ0) is 30.3. The summed E-state index contributed by atoms with van der Waals surface area (Å²) in [5, 5.41) is 25.0. The number of aliphatic hydroxyl groups excluding tert-OH is 1. The van der Waals surface area contributed by atoms with Crippen LogP contribution in [0.2, 0.25) is 0 Å². The molecule has 0 aromatic carbocycles. The van der Waals surface area contributed by atoms with E-state index in [1.54, 1.807) is 0 Å². The fourth-order valence-electron chi connectivity index (χ4n) is 2.74. The Kier molecular flexibility index (Phi) is 21.1. The molecule has 0 bridgehead atoms. The van der Waals surface area contributed by atoms with Gasteiger partial charge in [0.25, 0.3) is 0 Å². The maximum Gasteiger partial charge on any atom is 0.322 e. The van der Waals surface area contributed by atoms with Crippen LogP contribution in [0.5, 0.6) is 0 Å². The van der Waals surface area contributed by atoms with Crippen LogP contribution in [0.25, 0.3) is 0 Å². The molecule has 40 heavy (non-hydrogen) atoms. The summed E-state index contributed by atoms with van der Waals surface area (Å²) < 4.78 is 20.5. The highest BCUT2D eigenvalue weighted by Gasteiger charge is 2.23. The molecular formula is C23H40N4O12S. The van der Waals surface area contributed by atoms with Gasteiger partial charge in [0.05, 0.1) is 45.7 Å². The first kappa shape index (κ1) is 37.0. The third kappa shape index (κ3) is 20.9. The van der Waals surface area contributed by atoms with E-state index >= 15 is 0 Å². The van der Waals surface area contributed by atoms with Gasteiger partial charge in [-0.3, -0.25) is 28.8 Å². The molecule has 17 heteroatoms. The predicted octanol–water partition coefficient (Wildman–Crippen LogP) is -2.85. The van der Waals surface area contributed by atoms with E-state index in [2.05, 4.69) is 16.0 Å². The number of amides is 3. The number of aliphatic hydroxyl groups is 1. The largest absolute Gasteiger partial charge is 0.480 e. The fraction of sp³-hybridized carbons (Fsp3) is 0.739. The Labute approximate surface area is 236 Å². The van der Waals surface area contributed by atoms with Gasteiger partial charge in [0.15, 0.2) is 0 Å². The van der Waals surface area contributed by atoms with Crippen LogP contribution in [0, 0.1) is 0 Å². The van der Waals surface area contributed by atoms with E-state index in [0.717, 1.165) is 0 Å². The van der Waals surface area contributed by atoms with Gasteiger partial charge in [-0.2, -0.15) is 11.8 Å². The first-order valence-electron chi connectivity index (χ1n) is 12.4. The van der Waals surface area contributed by atoms with Gasteiger partial charge in [-0.05, 0) is 0 Å². The minimum atomic E-state index is -1.23. The summed E-state index contributed by atoms with van der Waals surface area (Å²) in [4.78, 5) is 68.4. The minimum Gasteiger partial charge on any atom is -0.480 e. The molecule has 3 atom stereocenters. The minimum absolute atomic E-state index is 0.00635. The number of thioether (sulfide) groups is 1. The Morgan fingerprint density at radius 2 is 1.55 bits per heavy atom. The SMILES string of the molecule is CC(=O)OCC[C@H](CSC[C@H](N)C(=O)N[C@@H](CO)C(=O)NCCOCCOCCC(=O)NCC(=O)O)OC(C)=O. The highest BCUT2D eigenvalue weighted by Crippen LogP contribution is 2.11. The van der Waals surface area contributed by atoms with Crippen molar-refractivity contribution in [2.75, 3.05) is 64.2 Å². The van der Waals surface area contributed by atoms with Crippen molar-refractivity contribution in [2.24, 2.45) is 5.73 Å². The van der Waals surface area contributed by atoms with Gasteiger partial charge in [0, 0.05) is 44.7 Å². The van der Waals surface area contributed by atoms with Crippen LogP contribution in [0.1, 0.15) is 26.7 Å². The molecule has 230 valence electrons. The molecule has 0 aliphatic carbocycles. The Morgan fingerprint density at radius 3 is 2.15 bits per heavy atom. The Balaban J connectivity index is 4.14. The van der Waals surface area contributed by atoms with Gasteiger partial charge in [-0.25, -0.2) is 0 Å². The number of carbonyl (C=O) groups excluding carboxylic acids is 5. The zero-order valence-corrected chi connectivity index (χ0v) is 23.5. The highest BCUT2D eigenvalue weighted by atomic mass is 32.2. The van der Waals surface area contributed by atoms with E-state index in [9.17, 15) is 33.9 Å². The monoisotopic (exact) mass is 596 g/mol. The zero-order valence-electron chi connectivity index (χ0n) is 22.7. The van der Waals surface area contributed by atoms with Crippen LogP contribution in [-0.2, 0) is 47.7 Å². The van der Waals surface area contributed by atoms with E-state index in [1.165, 1.54) is 25.6 Å². The average molecular weight is 597 g/mol. The maximum atomic E-state index is 12.4. The second kappa shape index (κ2) is 22.8. The lowest BCUT2D eigenvalue weighted by molar-refractivity contribution is -0.147. The number of nitrogens with one attached hydrogen (secondary N) is 3. The molecule has 0 heterocycles. The Bertz CT molecular complexity index is 817. The molecule has 0 radical (unpaired) electrons. The summed E-state index contributed by atoms with van der Waals surface area (Å²) in [7, 11) is 0. The van der Waals surface area contributed by atoms with Crippen molar-refractivity contribution in [2.45, 2.75) is 44.9 Å². The van der Waals surface area contributed by atoms with Crippen molar-refractivity contribution < 1.29 is 57.9 Å². The van der Waals surface area contributed by atoms with Gasteiger partial charge >= 0.3 is 17.9 Å². The number of esters is 2. The third-order valence-electron chi connectivity index (χ3n) is 4.66. The van der Waals surface area contributed by atoms with Crippen LogP contribution >= 0.6 is 11.8 Å². The third-order valence-corrected chi connectivity index (χ3v) is 5.86. The molecule has 0 aliphatic heterocycles. The molecule has 16 nitrogen and oxygen atoms in total. The van der Waals surface area contributed by atoms with Gasteiger partial charge in [0.1, 0.15) is 18.7 Å². The Hall–Kier alpha value is -2.99. The number of carbonyl (C=O) groups is 6. The van der Waals surface area contributed by atoms with Gasteiger partial charge in [-0.15, -0.1) is 0 Å². The van der Waals surface area contributed by atoms with Crippen LogP contribution in [-0.4, -0.2) is 128 Å². The summed E-state index contributed by atoms with van der Waals surface area (Å²) in [6.45, 7) is 2.15. The lowest BCUT2D eigenvalue weighted by Gasteiger charge is -2.20. The average Bonchev–Trinajstić information content (AvgIpc) is 2.88. The lowest BCUT2D eigenvalue weighted by Crippen LogP contribution is -2.54. The number of carboxylic acids is 1. The summed E-state index contributed by atoms with van der Waals surface area (Å²) in [6.07, 6.45) is -0.253. The molecule has 0 saturated carbocycles. The Morgan fingerprint density at radius 1 is 0.875 bits per heavy atom. The van der Waals surface area contributed by atoms with Crippen LogP contribution in [0.15, 0.2) is 0 Å². The van der Waals surface area contributed by atoms with Crippen molar-refractivity contribution in [1.29, 1.82) is 0 Å². The quantitative estimate of drug-likeness (QED) is 0.0514. The van der Waals surface area contributed by atoms with Crippen LogP contribution < -0.4 is 21.7 Å². The fourth-order valence-corrected chi connectivity index (χ4v) is 3.78. The molecule has 7 N–H and O–H groups in total. The van der Waals surface area contributed by atoms with E-state index in [-0.39, 0.29) is 58.2 Å². The standard InChI is InChI=1S/C23H40N4O12S/c1-15(29)38-7-3-17(39-16(2)30)13-40-14-18(24)22(34)27-19(12-28)23(35)25-5-8-37-10-9-36-6-4-20(31)26-11-21(32)33/h17-19,28H,3-14,24H2,1-2H3,(H,25,35)(H,26,31)(H,27,34)(H,32,33)/t17-,18+,19+/m1/s1. The number of nitrogens with two attached hydrogens (primary N) is 1. The summed E-state index contributed by atoms with van der Waals surface area (Å²) in [5.74, 6) is -3.39. The van der Waals surface area contributed by atoms with Crippen molar-refractivity contribution >= 4 is 47.4 Å². The van der Waals surface area contributed by atoms with Crippen molar-refractivity contribution in [1.82, 2.24) is 16.0 Å². The van der Waals surface area contributed by atoms with Crippen LogP contribution in [0.4, 0.5) is 0 Å². The van der Waals surface area contributed by atoms with Crippen molar-refractivity contribution in [3.8, 4) is 0 Å². The van der Waals surface area contributed by atoms with E-state index in [1.807, 2.05) is 0 Å². The summed E-state index contributed by atoms with van der Waals surface area (Å²) in [6, 6.07) is -2.23. The van der Waals surface area contributed by atoms with Crippen molar-refractivity contribution in [3.63, 3.8) is 0 Å². The van der Waals surface area contributed by atoms with Crippen LogP contribution in [0.3, 0.4) is 0 Å². The number of hydrogen-bond acceptors (Lipinski definition) is 13. The molecule has 0 aromatic rings. The topological polar surface area (TPSA) is 242 Å². The molecule has 0 rings (SSSR count). The van der Waals surface area contributed by atoms with E-state index in [4.69, 9.17) is 29.8 Å². The lowest BCUT2D eigenvalue weighted by atomic mass is 10.2. The normalized spacial score (nSPS) is 12.9. The van der Waals surface area contributed by atoms with E-state index in [0.29, 0.717) is 5.75 Å². The number of ether oxygens (including phenoxy) is 4. The molecule has 0 aliphatic rings. The van der Waals surface area contributed by atoms with E-state index < -0.39 is 67.0 Å². The second-order valence-electron chi connectivity index (χ2n) is 8.18. The first-order valence-corrected chi connectivity index (χ1v) is 13.6. The maximum absolute atomic E-state index is 12.4. The second-order valence-corrected chi connectivity index (χ2v) is 9.26. The van der Waals surface area contributed by atoms with Crippen molar-refractivity contribution in [3.05, 3.63) is 0 Å². The number of carboxylic acid groups (broad SMARTS) is 1. The molecular weight excluding hydrogens is 556 g/mol.